The van der Waals surface area contributed by atoms with Gasteiger partial charge in [-0.1, -0.05) is 34.7 Å². The van der Waals surface area contributed by atoms with Gasteiger partial charge in [0, 0.05) is 22.4 Å². The van der Waals surface area contributed by atoms with Gasteiger partial charge in [-0.25, -0.2) is 9.78 Å². The molecule has 0 radical (unpaired) electrons. The molecule has 4 rings (SSSR count). The van der Waals surface area contributed by atoms with E-state index in [1.807, 2.05) is 6.07 Å². The molecule has 14 heteroatoms. The number of amides is 2. The lowest BCUT2D eigenvalue weighted by molar-refractivity contribution is -0.155. The molecule has 0 aromatic carbocycles. The highest BCUT2D eigenvalue weighted by atomic mass is 35.5. The lowest BCUT2D eigenvalue weighted by atomic mass is 9.86. The maximum atomic E-state index is 12.9. The first-order valence-electron chi connectivity index (χ1n) is 10.2. The molecule has 0 bridgehead atoms. The Morgan fingerprint density at radius 1 is 1.44 bits per heavy atom. The largest absolute Gasteiger partial charge is 0.477 e. The standard InChI is InChI=1S/C20H20ClN7O4S2/c21-16-14(27-20(24)34-16)12(23)17(29)26-13-9-3-4-11(15(19(31)32)28(9)18(13)30)33-10-2-1-7-25-8(10)5-6-22/h1-2,7,9,13,23H,3-6,22H2,(H2,24,27)(H,26,29)(H,31,32). The molecule has 34 heavy (non-hydrogen) atoms. The fourth-order valence-corrected chi connectivity index (χ4v) is 6.02. The number of halogens is 1. The Labute approximate surface area is 207 Å². The molecule has 2 unspecified atom stereocenters. The summed E-state index contributed by atoms with van der Waals surface area (Å²) in [4.78, 5) is 48.3. The first kappa shape index (κ1) is 24.1. The van der Waals surface area contributed by atoms with Crippen LogP contribution >= 0.6 is 34.7 Å². The van der Waals surface area contributed by atoms with E-state index in [4.69, 9.17) is 28.5 Å². The molecule has 11 nitrogen and oxygen atoms in total. The lowest BCUT2D eigenvalue weighted by Gasteiger charge is -2.50. The van der Waals surface area contributed by atoms with Crippen LogP contribution in [0.2, 0.25) is 4.34 Å². The zero-order valence-corrected chi connectivity index (χ0v) is 20.0. The summed E-state index contributed by atoms with van der Waals surface area (Å²) in [6.45, 7) is 0.400. The number of carboxylic acid groups (broad SMARTS) is 1. The number of fused-ring (bicyclic) bond motifs is 1. The summed E-state index contributed by atoms with van der Waals surface area (Å²) in [6.07, 6.45) is 3.03. The maximum Gasteiger partial charge on any atom is 0.353 e. The van der Waals surface area contributed by atoms with Gasteiger partial charge in [0.25, 0.3) is 11.8 Å². The van der Waals surface area contributed by atoms with E-state index in [1.165, 1.54) is 16.7 Å². The molecule has 1 fully saturated rings. The van der Waals surface area contributed by atoms with E-state index in [0.717, 1.165) is 21.9 Å². The van der Waals surface area contributed by atoms with E-state index < -0.39 is 35.6 Å². The van der Waals surface area contributed by atoms with Crippen LogP contribution in [-0.4, -0.2) is 62.1 Å². The number of hydrogen-bond acceptors (Lipinski definition) is 10. The average Bonchev–Trinajstić information content (AvgIpc) is 3.15. The van der Waals surface area contributed by atoms with Gasteiger partial charge in [-0.3, -0.25) is 24.9 Å². The van der Waals surface area contributed by atoms with E-state index in [9.17, 15) is 19.5 Å². The van der Waals surface area contributed by atoms with E-state index in [-0.39, 0.29) is 20.9 Å². The van der Waals surface area contributed by atoms with Gasteiger partial charge in [0.15, 0.2) is 5.13 Å². The molecule has 2 aromatic rings. The molecule has 2 atom stereocenters. The number of hydrogen-bond donors (Lipinski definition) is 5. The Balaban J connectivity index is 1.53. The van der Waals surface area contributed by atoms with Crippen molar-refractivity contribution < 1.29 is 19.5 Å². The quantitative estimate of drug-likeness (QED) is 0.251. The van der Waals surface area contributed by atoms with Crippen molar-refractivity contribution >= 4 is 63.3 Å². The fraction of sp³-hybridized carbons (Fsp3) is 0.300. The number of aliphatic carboxylic acids is 1. The van der Waals surface area contributed by atoms with Crippen LogP contribution in [0.25, 0.3) is 0 Å². The fourth-order valence-electron chi connectivity index (χ4n) is 3.89. The number of nitrogens with two attached hydrogens (primary N) is 2. The van der Waals surface area contributed by atoms with Gasteiger partial charge >= 0.3 is 5.97 Å². The molecule has 2 amide bonds. The van der Waals surface area contributed by atoms with Crippen LogP contribution in [0.1, 0.15) is 24.2 Å². The topological polar surface area (TPSA) is 188 Å². The highest BCUT2D eigenvalue weighted by molar-refractivity contribution is 8.03. The number of nitrogen functional groups attached to an aromatic ring is 1. The third-order valence-electron chi connectivity index (χ3n) is 5.41. The van der Waals surface area contributed by atoms with Gasteiger partial charge in [-0.15, -0.1) is 0 Å². The second-order valence-corrected chi connectivity index (χ2v) is 10.3. The number of β-lactam (4-membered cyclic amide) rings is 1. The molecule has 2 aliphatic rings. The van der Waals surface area contributed by atoms with Crippen molar-refractivity contribution in [1.29, 1.82) is 5.41 Å². The Bertz CT molecular complexity index is 1230. The van der Waals surface area contributed by atoms with Gasteiger partial charge in [0.1, 0.15) is 27.5 Å². The number of thiazole rings is 1. The second-order valence-electron chi connectivity index (χ2n) is 7.48. The van der Waals surface area contributed by atoms with Gasteiger partial charge in [-0.2, -0.15) is 0 Å². The third kappa shape index (κ3) is 4.39. The molecule has 4 heterocycles. The minimum atomic E-state index is -1.23. The molecular weight excluding hydrogens is 502 g/mol. The van der Waals surface area contributed by atoms with Gasteiger partial charge in [0.05, 0.1) is 11.7 Å². The summed E-state index contributed by atoms with van der Waals surface area (Å²) in [5.74, 6) is -2.63. The third-order valence-corrected chi connectivity index (χ3v) is 7.73. The van der Waals surface area contributed by atoms with Crippen LogP contribution in [-0.2, 0) is 20.8 Å². The van der Waals surface area contributed by atoms with Gasteiger partial charge < -0.3 is 21.9 Å². The highest BCUT2D eigenvalue weighted by Crippen LogP contribution is 2.43. The molecule has 0 aliphatic carbocycles. The van der Waals surface area contributed by atoms with Gasteiger partial charge in [0.2, 0.25) is 0 Å². The molecule has 0 saturated carbocycles. The van der Waals surface area contributed by atoms with Crippen LogP contribution in [0.5, 0.6) is 0 Å². The smallest absolute Gasteiger partial charge is 0.353 e. The first-order chi connectivity index (χ1) is 16.2. The molecule has 2 aromatic heterocycles. The number of aromatic nitrogens is 2. The molecule has 178 valence electrons. The van der Waals surface area contributed by atoms with Crippen molar-refractivity contribution in [1.82, 2.24) is 20.2 Å². The summed E-state index contributed by atoms with van der Waals surface area (Å²) in [5.41, 5.74) is 11.3. The number of anilines is 1. The molecule has 1 saturated heterocycles. The second kappa shape index (κ2) is 9.70. The first-order valence-corrected chi connectivity index (χ1v) is 12.2. The van der Waals surface area contributed by atoms with Crippen LogP contribution in [0, 0.1) is 5.41 Å². The number of pyridine rings is 1. The Kier molecular flexibility index (Phi) is 6.89. The van der Waals surface area contributed by atoms with Crippen molar-refractivity contribution in [3.05, 3.63) is 44.7 Å². The Morgan fingerprint density at radius 3 is 2.85 bits per heavy atom. The van der Waals surface area contributed by atoms with Crippen molar-refractivity contribution in [3.8, 4) is 0 Å². The predicted molar refractivity (Wildman–Crippen MR) is 128 cm³/mol. The minimum Gasteiger partial charge on any atom is -0.477 e. The number of thioether (sulfide) groups is 1. The van der Waals surface area contributed by atoms with E-state index in [1.54, 1.807) is 12.3 Å². The molecular formula is C20H20ClN7O4S2. The number of carboxylic acids is 1. The molecule has 7 N–H and O–H groups in total. The SMILES string of the molecule is N=C(C(=O)NC1C(=O)N2C(C(=O)O)=C(Sc3cccnc3CCN)CCC12)c1nc(N)sc1Cl. The molecule has 2 aliphatic heterocycles. The van der Waals surface area contributed by atoms with Gasteiger partial charge in [-0.05, 0) is 31.5 Å². The zero-order valence-electron chi connectivity index (χ0n) is 17.6. The minimum absolute atomic E-state index is 0.0662. The summed E-state index contributed by atoms with van der Waals surface area (Å²) >= 11 is 8.16. The number of nitrogens with zero attached hydrogens (tertiary/aromatic N) is 3. The van der Waals surface area contributed by atoms with E-state index >= 15 is 0 Å². The van der Waals surface area contributed by atoms with Crippen molar-refractivity contribution in [2.24, 2.45) is 5.73 Å². The Hall–Kier alpha value is -3.00. The van der Waals surface area contributed by atoms with Crippen LogP contribution in [0.3, 0.4) is 0 Å². The van der Waals surface area contributed by atoms with Crippen LogP contribution in [0.15, 0.2) is 33.8 Å². The number of allylic oxidation sites excluding steroid dienone is 1. The average molecular weight is 522 g/mol. The van der Waals surface area contributed by atoms with E-state index in [2.05, 4.69) is 15.3 Å². The summed E-state index contributed by atoms with van der Waals surface area (Å²) in [5, 5.41) is 20.6. The summed E-state index contributed by atoms with van der Waals surface area (Å²) in [6, 6.07) is 2.11. The maximum absolute atomic E-state index is 12.9. The van der Waals surface area contributed by atoms with Crippen molar-refractivity contribution in [2.75, 3.05) is 12.3 Å². The number of rotatable bonds is 8. The number of carbonyl (C=O) groups is 3. The van der Waals surface area contributed by atoms with Crippen LogP contribution in [0.4, 0.5) is 5.13 Å². The highest BCUT2D eigenvalue weighted by Gasteiger charge is 2.53. The zero-order chi connectivity index (χ0) is 24.6. The van der Waals surface area contributed by atoms with Crippen molar-refractivity contribution in [2.45, 2.75) is 36.2 Å². The predicted octanol–water partition coefficient (Wildman–Crippen LogP) is 1.22. The summed E-state index contributed by atoms with van der Waals surface area (Å²) in [7, 11) is 0. The van der Waals surface area contributed by atoms with Crippen LogP contribution < -0.4 is 16.8 Å². The monoisotopic (exact) mass is 521 g/mol. The molecule has 0 spiro atoms. The normalized spacial score (nSPS) is 19.5. The summed E-state index contributed by atoms with van der Waals surface area (Å²) < 4.78 is 0.0963. The van der Waals surface area contributed by atoms with E-state index in [0.29, 0.717) is 30.7 Å². The number of carbonyl (C=O) groups excluding carboxylic acids is 2. The number of nitrogens with one attached hydrogen (secondary N) is 2. The van der Waals surface area contributed by atoms with Crippen molar-refractivity contribution in [3.63, 3.8) is 0 Å². The Morgan fingerprint density at radius 2 is 2.21 bits per heavy atom. The lowest BCUT2D eigenvalue weighted by Crippen LogP contribution is -2.72.